The van der Waals surface area contributed by atoms with Gasteiger partial charge < -0.3 is 14.3 Å². The predicted octanol–water partition coefficient (Wildman–Crippen LogP) is 2.26. The van der Waals surface area contributed by atoms with Gasteiger partial charge in [-0.15, -0.1) is 0 Å². The third kappa shape index (κ3) is 1.37. The minimum atomic E-state index is 0.393. The Morgan fingerprint density at radius 1 is 1.39 bits per heavy atom. The predicted molar refractivity (Wildman–Crippen MR) is 68.5 cm³/mol. The van der Waals surface area contributed by atoms with Crippen molar-refractivity contribution in [1.82, 2.24) is 19.5 Å². The van der Waals surface area contributed by atoms with Crippen molar-refractivity contribution in [1.29, 1.82) is 0 Å². The second-order valence-corrected chi connectivity index (χ2v) is 4.75. The van der Waals surface area contributed by atoms with Crippen LogP contribution in [0.5, 0.6) is 0 Å². The van der Waals surface area contributed by atoms with Gasteiger partial charge >= 0.3 is 0 Å². The number of nitrogens with one attached hydrogen (secondary N) is 1. The summed E-state index contributed by atoms with van der Waals surface area (Å²) in [5, 5.41) is 1.13. The van der Waals surface area contributed by atoms with E-state index in [1.807, 2.05) is 18.7 Å². The summed E-state index contributed by atoms with van der Waals surface area (Å²) in [6.45, 7) is 1.66. The number of imidazole rings is 1. The molecule has 0 aromatic carbocycles. The van der Waals surface area contributed by atoms with Crippen LogP contribution in [-0.2, 0) is 4.74 Å². The second-order valence-electron chi connectivity index (χ2n) is 4.75. The Kier molecular flexibility index (Phi) is 2.14. The molecule has 18 heavy (non-hydrogen) atoms. The summed E-state index contributed by atoms with van der Waals surface area (Å²) in [6, 6.07) is 2.45. The summed E-state index contributed by atoms with van der Waals surface area (Å²) in [5.41, 5.74) is 3.03. The van der Waals surface area contributed by atoms with Gasteiger partial charge in [-0.1, -0.05) is 0 Å². The molecule has 5 nitrogen and oxygen atoms in total. The van der Waals surface area contributed by atoms with Gasteiger partial charge in [0.1, 0.15) is 11.2 Å². The van der Waals surface area contributed by atoms with Crippen LogP contribution in [0.15, 0.2) is 24.8 Å². The molecular formula is C13H14N4O. The fourth-order valence-corrected chi connectivity index (χ4v) is 2.75. The molecule has 0 amide bonds. The monoisotopic (exact) mass is 242 g/mol. The number of nitrogens with zero attached hydrogens (tertiary/aromatic N) is 3. The maximum absolute atomic E-state index is 5.58. The van der Waals surface area contributed by atoms with E-state index >= 15 is 0 Å². The molecule has 1 saturated heterocycles. The fourth-order valence-electron chi connectivity index (χ4n) is 2.75. The lowest BCUT2D eigenvalue weighted by molar-refractivity contribution is 0.0605. The van der Waals surface area contributed by atoms with Crippen LogP contribution in [-0.4, -0.2) is 32.7 Å². The van der Waals surface area contributed by atoms with E-state index in [1.54, 1.807) is 0 Å². The number of ether oxygens (including phenoxy) is 1. The first-order chi connectivity index (χ1) is 8.93. The van der Waals surface area contributed by atoms with Crippen LogP contribution in [0.2, 0.25) is 0 Å². The lowest BCUT2D eigenvalue weighted by Crippen LogP contribution is -2.20. The highest BCUT2D eigenvalue weighted by Gasteiger charge is 2.19. The number of fused-ring (bicyclic) bond motifs is 3. The normalized spacial score (nSPS) is 20.8. The summed E-state index contributed by atoms with van der Waals surface area (Å²) in [4.78, 5) is 12.0. The van der Waals surface area contributed by atoms with E-state index in [0.717, 1.165) is 48.1 Å². The van der Waals surface area contributed by atoms with Crippen molar-refractivity contribution < 1.29 is 4.74 Å². The Bertz CT molecular complexity index is 693. The Labute approximate surface area is 104 Å². The Morgan fingerprint density at radius 2 is 2.39 bits per heavy atom. The second kappa shape index (κ2) is 3.81. The third-order valence-electron chi connectivity index (χ3n) is 3.65. The van der Waals surface area contributed by atoms with Gasteiger partial charge in [-0.05, 0) is 18.9 Å². The zero-order valence-corrected chi connectivity index (χ0v) is 9.97. The minimum absolute atomic E-state index is 0.393. The van der Waals surface area contributed by atoms with E-state index in [4.69, 9.17) is 4.74 Å². The van der Waals surface area contributed by atoms with Gasteiger partial charge in [0.15, 0.2) is 0 Å². The van der Waals surface area contributed by atoms with Crippen molar-refractivity contribution in [2.24, 2.45) is 0 Å². The molecule has 0 bridgehead atoms. The van der Waals surface area contributed by atoms with Gasteiger partial charge in [0.25, 0.3) is 0 Å². The summed E-state index contributed by atoms with van der Waals surface area (Å²) < 4.78 is 7.82. The van der Waals surface area contributed by atoms with E-state index in [1.165, 1.54) is 0 Å². The van der Waals surface area contributed by atoms with Crippen molar-refractivity contribution >= 4 is 22.1 Å². The zero-order chi connectivity index (χ0) is 11.9. The summed E-state index contributed by atoms with van der Waals surface area (Å²) in [5.74, 6) is 0. The molecule has 92 valence electrons. The number of rotatable bonds is 1. The third-order valence-corrected chi connectivity index (χ3v) is 3.65. The van der Waals surface area contributed by atoms with Crippen LogP contribution >= 0.6 is 0 Å². The maximum Gasteiger partial charge on any atom is 0.139 e. The van der Waals surface area contributed by atoms with Crippen molar-refractivity contribution in [3.8, 4) is 0 Å². The highest BCUT2D eigenvalue weighted by Crippen LogP contribution is 2.28. The van der Waals surface area contributed by atoms with Crippen LogP contribution in [0.1, 0.15) is 18.9 Å². The smallest absolute Gasteiger partial charge is 0.139 e. The number of hydrogen-bond acceptors (Lipinski definition) is 3. The average Bonchev–Trinajstić information content (AvgIpc) is 3.05. The van der Waals surface area contributed by atoms with E-state index in [2.05, 4.69) is 25.6 Å². The number of H-pyrrole nitrogens is 1. The number of aromatic nitrogens is 4. The molecule has 0 spiro atoms. The first-order valence-electron chi connectivity index (χ1n) is 6.30. The van der Waals surface area contributed by atoms with E-state index in [0.29, 0.717) is 6.04 Å². The maximum atomic E-state index is 5.58. The highest BCUT2D eigenvalue weighted by atomic mass is 16.5. The molecule has 0 saturated carbocycles. The standard InChI is InChI=1S/C13H14N4O/c1-2-9(7-18-5-1)17-8-16-11-6-15-13-10(12(11)17)3-4-14-13/h3-4,6,8-9H,1-2,5,7H2,(H,14,15). The van der Waals surface area contributed by atoms with Gasteiger partial charge in [-0.2, -0.15) is 0 Å². The first kappa shape index (κ1) is 10.1. The molecule has 1 aliphatic heterocycles. The van der Waals surface area contributed by atoms with E-state index < -0.39 is 0 Å². The van der Waals surface area contributed by atoms with Crippen molar-refractivity contribution in [3.63, 3.8) is 0 Å². The molecule has 3 aromatic rings. The summed E-state index contributed by atoms with van der Waals surface area (Å²) in [6.07, 6.45) is 7.93. The molecule has 0 radical (unpaired) electrons. The SMILES string of the molecule is c1cc2c(ncc3ncn(C4CCCOC4)c32)[nH]1. The quantitative estimate of drug-likeness (QED) is 0.712. The Morgan fingerprint density at radius 3 is 3.28 bits per heavy atom. The van der Waals surface area contributed by atoms with Crippen LogP contribution in [0.25, 0.3) is 22.1 Å². The molecule has 5 heteroatoms. The highest BCUT2D eigenvalue weighted by molar-refractivity contribution is 6.00. The summed E-state index contributed by atoms with van der Waals surface area (Å²) >= 11 is 0. The van der Waals surface area contributed by atoms with Crippen LogP contribution in [0.3, 0.4) is 0 Å². The van der Waals surface area contributed by atoms with Crippen molar-refractivity contribution in [2.75, 3.05) is 13.2 Å². The topological polar surface area (TPSA) is 55.7 Å². The number of aromatic amines is 1. The van der Waals surface area contributed by atoms with Crippen molar-refractivity contribution in [2.45, 2.75) is 18.9 Å². The fraction of sp³-hybridized carbons (Fsp3) is 0.385. The largest absolute Gasteiger partial charge is 0.379 e. The van der Waals surface area contributed by atoms with Gasteiger partial charge in [0.05, 0.1) is 30.7 Å². The van der Waals surface area contributed by atoms with Gasteiger partial charge in [0.2, 0.25) is 0 Å². The first-order valence-corrected chi connectivity index (χ1v) is 6.30. The summed E-state index contributed by atoms with van der Waals surface area (Å²) in [7, 11) is 0. The molecule has 1 unspecified atom stereocenters. The molecule has 4 heterocycles. The number of hydrogen-bond donors (Lipinski definition) is 1. The van der Waals surface area contributed by atoms with Crippen molar-refractivity contribution in [3.05, 3.63) is 24.8 Å². The van der Waals surface area contributed by atoms with E-state index in [9.17, 15) is 0 Å². The van der Waals surface area contributed by atoms with Crippen LogP contribution < -0.4 is 0 Å². The van der Waals surface area contributed by atoms with Gasteiger partial charge in [-0.25, -0.2) is 9.97 Å². The van der Waals surface area contributed by atoms with E-state index in [-0.39, 0.29) is 0 Å². The molecule has 1 N–H and O–H groups in total. The zero-order valence-electron chi connectivity index (χ0n) is 9.97. The molecule has 3 aromatic heterocycles. The molecular weight excluding hydrogens is 228 g/mol. The molecule has 1 atom stereocenters. The Hall–Kier alpha value is -1.88. The molecule has 1 aliphatic rings. The molecule has 0 aliphatic carbocycles. The minimum Gasteiger partial charge on any atom is -0.379 e. The molecule has 1 fully saturated rings. The number of pyridine rings is 1. The van der Waals surface area contributed by atoms with Gasteiger partial charge in [0, 0.05) is 18.2 Å². The Balaban J connectivity index is 1.96. The average molecular weight is 242 g/mol. The lowest BCUT2D eigenvalue weighted by atomic mass is 10.1. The van der Waals surface area contributed by atoms with Gasteiger partial charge in [-0.3, -0.25) is 0 Å². The van der Waals surface area contributed by atoms with Crippen LogP contribution in [0, 0.1) is 0 Å². The van der Waals surface area contributed by atoms with Crippen LogP contribution in [0.4, 0.5) is 0 Å². The lowest BCUT2D eigenvalue weighted by Gasteiger charge is -2.24. The molecule has 4 rings (SSSR count).